The van der Waals surface area contributed by atoms with Gasteiger partial charge in [0.05, 0.1) is 13.0 Å². The minimum atomic E-state index is -3.82. The minimum Gasteiger partial charge on any atom is -0.463 e. The van der Waals surface area contributed by atoms with Crippen molar-refractivity contribution in [1.29, 1.82) is 0 Å². The average Bonchev–Trinajstić information content (AvgIpc) is 3.32. The zero-order valence-electron chi connectivity index (χ0n) is 16.3. The van der Waals surface area contributed by atoms with Crippen molar-refractivity contribution in [3.8, 4) is 0 Å². The molecular weight excluding hydrogens is 404 g/mol. The monoisotopic (exact) mass is 426 g/mol. The molecule has 0 radical (unpaired) electrons. The van der Waals surface area contributed by atoms with Gasteiger partial charge >= 0.3 is 11.9 Å². The van der Waals surface area contributed by atoms with Gasteiger partial charge in [-0.15, -0.1) is 0 Å². The van der Waals surface area contributed by atoms with Crippen LogP contribution in [0.15, 0.2) is 26.0 Å². The molecule has 2 aromatic heterocycles. The minimum absolute atomic E-state index is 0.00736. The van der Waals surface area contributed by atoms with Crippen LogP contribution < -0.4 is 0 Å². The summed E-state index contributed by atoms with van der Waals surface area (Å²) in [6.07, 6.45) is 1.04. The molecule has 3 rings (SSSR count). The molecule has 1 aliphatic heterocycles. The first kappa shape index (κ1) is 21.1. The van der Waals surface area contributed by atoms with Crippen LogP contribution in [-0.2, 0) is 30.9 Å². The van der Waals surface area contributed by atoms with Crippen LogP contribution in [0.1, 0.15) is 40.6 Å². The number of aromatic nitrogens is 1. The van der Waals surface area contributed by atoms with E-state index in [1.807, 2.05) is 0 Å². The Morgan fingerprint density at radius 2 is 2.07 bits per heavy atom. The summed E-state index contributed by atoms with van der Waals surface area (Å²) in [5.74, 6) is -1.25. The first-order valence-electron chi connectivity index (χ1n) is 9.00. The summed E-state index contributed by atoms with van der Waals surface area (Å²) in [7, 11) is -2.59. The van der Waals surface area contributed by atoms with E-state index in [9.17, 15) is 18.0 Å². The second-order valence-corrected chi connectivity index (χ2v) is 8.60. The summed E-state index contributed by atoms with van der Waals surface area (Å²) < 4.78 is 47.2. The number of carbonyl (C=O) groups is 2. The molecule has 11 heteroatoms. The van der Waals surface area contributed by atoms with Crippen LogP contribution in [0.4, 0.5) is 0 Å². The lowest BCUT2D eigenvalue weighted by molar-refractivity contribution is -0.151. The second-order valence-electron chi connectivity index (χ2n) is 6.72. The van der Waals surface area contributed by atoms with Crippen LogP contribution in [0.3, 0.4) is 0 Å². The van der Waals surface area contributed by atoms with Gasteiger partial charge in [0, 0.05) is 13.1 Å². The highest BCUT2D eigenvalue weighted by atomic mass is 32.2. The predicted molar refractivity (Wildman–Crippen MR) is 97.3 cm³/mol. The Bertz CT molecular complexity index is 987. The number of hydrogen-bond acceptors (Lipinski definition) is 9. The summed E-state index contributed by atoms with van der Waals surface area (Å²) in [5.41, 5.74) is 0.284. The Labute approximate surface area is 167 Å². The van der Waals surface area contributed by atoms with E-state index in [1.54, 1.807) is 6.92 Å². The molecule has 158 valence electrons. The Hall–Kier alpha value is -2.66. The molecule has 10 nitrogen and oxygen atoms in total. The van der Waals surface area contributed by atoms with Gasteiger partial charge in [-0.1, -0.05) is 5.16 Å². The molecule has 0 saturated carbocycles. The first-order valence-corrected chi connectivity index (χ1v) is 10.4. The number of furan rings is 1. The number of ether oxygens (including phenoxy) is 2. The van der Waals surface area contributed by atoms with Gasteiger partial charge in [0.1, 0.15) is 23.0 Å². The first-order chi connectivity index (χ1) is 13.7. The second kappa shape index (κ2) is 8.37. The fourth-order valence-electron chi connectivity index (χ4n) is 3.25. The van der Waals surface area contributed by atoms with Crippen LogP contribution in [0.5, 0.6) is 0 Å². The van der Waals surface area contributed by atoms with Crippen molar-refractivity contribution in [2.45, 2.75) is 38.2 Å². The number of rotatable bonds is 6. The number of methoxy groups -OCH3 is 1. The molecule has 0 bridgehead atoms. The van der Waals surface area contributed by atoms with Gasteiger partial charge < -0.3 is 18.4 Å². The SMILES string of the molecule is COC(=O)c1ccc(COC(=O)C2CCCN(S(=O)(=O)c3c(C)noc3C)C2)o1. The lowest BCUT2D eigenvalue weighted by Crippen LogP contribution is -2.43. The van der Waals surface area contributed by atoms with Crippen molar-refractivity contribution in [3.05, 3.63) is 35.1 Å². The molecule has 29 heavy (non-hydrogen) atoms. The number of carbonyl (C=O) groups excluding carboxylic acids is 2. The Kier molecular flexibility index (Phi) is 6.08. The maximum atomic E-state index is 12.9. The number of sulfonamides is 1. The molecular formula is C18H22N2O8S. The van der Waals surface area contributed by atoms with Crippen LogP contribution in [-0.4, -0.2) is 50.0 Å². The van der Waals surface area contributed by atoms with Crippen LogP contribution in [0.2, 0.25) is 0 Å². The molecule has 0 aromatic carbocycles. The van der Waals surface area contributed by atoms with Crippen molar-refractivity contribution in [1.82, 2.24) is 9.46 Å². The normalized spacial score (nSPS) is 17.8. The Balaban J connectivity index is 1.64. The van der Waals surface area contributed by atoms with Crippen molar-refractivity contribution in [3.63, 3.8) is 0 Å². The lowest BCUT2D eigenvalue weighted by atomic mass is 10.00. The van der Waals surface area contributed by atoms with Crippen LogP contribution in [0, 0.1) is 19.8 Å². The summed E-state index contributed by atoms with van der Waals surface area (Å²) in [5, 5.41) is 3.70. The number of aryl methyl sites for hydroxylation is 2. The van der Waals surface area contributed by atoms with Crippen LogP contribution in [0.25, 0.3) is 0 Å². The van der Waals surface area contributed by atoms with E-state index in [4.69, 9.17) is 13.7 Å². The smallest absolute Gasteiger partial charge is 0.373 e. The van der Waals surface area contributed by atoms with E-state index < -0.39 is 27.9 Å². The van der Waals surface area contributed by atoms with E-state index in [2.05, 4.69) is 9.89 Å². The highest BCUT2D eigenvalue weighted by Gasteiger charge is 2.37. The van der Waals surface area contributed by atoms with Gasteiger partial charge in [0.2, 0.25) is 15.8 Å². The predicted octanol–water partition coefficient (Wildman–Crippen LogP) is 1.82. The third-order valence-electron chi connectivity index (χ3n) is 4.69. The highest BCUT2D eigenvalue weighted by Crippen LogP contribution is 2.28. The van der Waals surface area contributed by atoms with E-state index in [-0.39, 0.29) is 41.0 Å². The molecule has 0 N–H and O–H groups in total. The lowest BCUT2D eigenvalue weighted by Gasteiger charge is -2.30. The third kappa shape index (κ3) is 4.35. The topological polar surface area (TPSA) is 129 Å². The van der Waals surface area contributed by atoms with Crippen molar-refractivity contribution in [2.75, 3.05) is 20.2 Å². The van der Waals surface area contributed by atoms with E-state index in [0.29, 0.717) is 19.4 Å². The largest absolute Gasteiger partial charge is 0.463 e. The van der Waals surface area contributed by atoms with Crippen molar-refractivity contribution >= 4 is 22.0 Å². The fourth-order valence-corrected chi connectivity index (χ4v) is 5.07. The molecule has 2 aromatic rings. The number of hydrogen-bond donors (Lipinski definition) is 0. The van der Waals surface area contributed by atoms with Crippen molar-refractivity contribution < 1.29 is 36.4 Å². The van der Waals surface area contributed by atoms with Gasteiger partial charge in [-0.25, -0.2) is 13.2 Å². The van der Waals surface area contributed by atoms with Gasteiger partial charge in [-0.05, 0) is 38.8 Å². The zero-order valence-corrected chi connectivity index (χ0v) is 17.2. The third-order valence-corrected chi connectivity index (χ3v) is 6.80. The summed E-state index contributed by atoms with van der Waals surface area (Å²) in [4.78, 5) is 23.9. The van der Waals surface area contributed by atoms with Gasteiger partial charge in [-0.3, -0.25) is 4.79 Å². The highest BCUT2D eigenvalue weighted by molar-refractivity contribution is 7.89. The standard InChI is InChI=1S/C18H22N2O8S/c1-11-16(12(2)28-19-11)29(23,24)20-8-4-5-13(9-20)17(21)26-10-14-6-7-15(27-14)18(22)25-3/h6-7,13H,4-5,8-10H2,1-3H3. The van der Waals surface area contributed by atoms with E-state index in [1.165, 1.54) is 30.5 Å². The van der Waals surface area contributed by atoms with Gasteiger partial charge in [-0.2, -0.15) is 4.31 Å². The van der Waals surface area contributed by atoms with Crippen LogP contribution >= 0.6 is 0 Å². The maximum Gasteiger partial charge on any atom is 0.373 e. The van der Waals surface area contributed by atoms with Gasteiger partial charge in [0.15, 0.2) is 5.76 Å². The fraction of sp³-hybridized carbons (Fsp3) is 0.500. The van der Waals surface area contributed by atoms with E-state index in [0.717, 1.165) is 0 Å². The Morgan fingerprint density at radius 1 is 1.31 bits per heavy atom. The molecule has 0 amide bonds. The number of esters is 2. The summed E-state index contributed by atoms with van der Waals surface area (Å²) >= 11 is 0. The Morgan fingerprint density at radius 3 is 2.72 bits per heavy atom. The van der Waals surface area contributed by atoms with Crippen molar-refractivity contribution in [2.24, 2.45) is 5.92 Å². The molecule has 0 spiro atoms. The molecule has 1 unspecified atom stereocenters. The molecule has 1 atom stereocenters. The summed E-state index contributed by atoms with van der Waals surface area (Å²) in [6, 6.07) is 2.93. The molecule has 1 fully saturated rings. The number of nitrogens with zero attached hydrogens (tertiary/aromatic N) is 2. The maximum absolute atomic E-state index is 12.9. The molecule has 3 heterocycles. The quantitative estimate of drug-likeness (QED) is 0.635. The summed E-state index contributed by atoms with van der Waals surface area (Å²) in [6.45, 7) is 3.25. The number of piperidine rings is 1. The molecule has 1 aliphatic rings. The molecule has 0 aliphatic carbocycles. The average molecular weight is 426 g/mol. The van der Waals surface area contributed by atoms with Gasteiger partial charge in [0.25, 0.3) is 0 Å². The zero-order chi connectivity index (χ0) is 21.2. The van der Waals surface area contributed by atoms with E-state index >= 15 is 0 Å². The molecule has 1 saturated heterocycles.